The third-order valence-electron chi connectivity index (χ3n) is 2.69. The van der Waals surface area contributed by atoms with E-state index in [0.717, 1.165) is 18.2 Å². The molecule has 1 rings (SSSR count). The van der Waals surface area contributed by atoms with Crippen LogP contribution in [0.3, 0.4) is 0 Å². The monoisotopic (exact) mass is 281 g/mol. The Morgan fingerprint density at radius 1 is 1.40 bits per heavy atom. The normalized spacial score (nSPS) is 10.8. The summed E-state index contributed by atoms with van der Waals surface area (Å²) >= 11 is 0. The van der Waals surface area contributed by atoms with Crippen LogP contribution in [0.5, 0.6) is 0 Å². The van der Waals surface area contributed by atoms with E-state index < -0.39 is 11.8 Å². The number of benzene rings is 1. The van der Waals surface area contributed by atoms with E-state index in [2.05, 4.69) is 0 Å². The van der Waals surface area contributed by atoms with Crippen LogP contribution in [0.2, 0.25) is 0 Å². The summed E-state index contributed by atoms with van der Waals surface area (Å²) in [6.07, 6.45) is 1.95. The van der Waals surface area contributed by atoms with Gasteiger partial charge in [-0.05, 0) is 25.1 Å². The number of likely N-dealkylation sites (N-methyl/N-ethyl adjacent to an activating group) is 1. The molecule has 108 valence electrons. The fourth-order valence-electron chi connectivity index (χ4n) is 1.66. The Labute approximate surface area is 115 Å². The van der Waals surface area contributed by atoms with Crippen LogP contribution in [0.25, 0.3) is 6.08 Å². The van der Waals surface area contributed by atoms with Crippen molar-refractivity contribution in [1.29, 1.82) is 0 Å². The lowest BCUT2D eigenvalue weighted by Gasteiger charge is -2.19. The first-order valence-corrected chi connectivity index (χ1v) is 6.10. The van der Waals surface area contributed by atoms with Crippen molar-refractivity contribution < 1.29 is 24.2 Å². The zero-order valence-corrected chi connectivity index (χ0v) is 11.0. The second-order valence-corrected chi connectivity index (χ2v) is 4.02. The summed E-state index contributed by atoms with van der Waals surface area (Å²) < 4.78 is 13.7. The lowest BCUT2D eigenvalue weighted by Crippen LogP contribution is -2.33. The number of halogens is 1. The molecule has 0 aliphatic carbocycles. The van der Waals surface area contributed by atoms with Gasteiger partial charge in [0.2, 0.25) is 0 Å². The quantitative estimate of drug-likeness (QED) is 0.772. The summed E-state index contributed by atoms with van der Waals surface area (Å²) in [7, 11) is 0. The topological polar surface area (TPSA) is 77.8 Å². The first-order valence-electron chi connectivity index (χ1n) is 6.10. The molecule has 1 amide bonds. The number of hydrogen-bond donors (Lipinski definition) is 2. The van der Waals surface area contributed by atoms with Crippen LogP contribution in [-0.2, 0) is 4.79 Å². The van der Waals surface area contributed by atoms with Crippen LogP contribution >= 0.6 is 0 Å². The number of aliphatic carboxylic acids is 1. The van der Waals surface area contributed by atoms with Crippen molar-refractivity contribution in [3.05, 3.63) is 41.2 Å². The minimum atomic E-state index is -1.18. The highest BCUT2D eigenvalue weighted by Gasteiger charge is 2.15. The van der Waals surface area contributed by atoms with Gasteiger partial charge in [0.15, 0.2) is 0 Å². The molecule has 0 heterocycles. The van der Waals surface area contributed by atoms with E-state index in [9.17, 15) is 14.0 Å². The van der Waals surface area contributed by atoms with Gasteiger partial charge < -0.3 is 15.1 Å². The summed E-state index contributed by atoms with van der Waals surface area (Å²) in [5.41, 5.74) is 0.249. The van der Waals surface area contributed by atoms with E-state index in [0.29, 0.717) is 6.54 Å². The van der Waals surface area contributed by atoms with E-state index in [1.165, 1.54) is 17.0 Å². The van der Waals surface area contributed by atoms with Gasteiger partial charge in [0.1, 0.15) is 5.82 Å². The molecule has 1 aromatic carbocycles. The Hall–Kier alpha value is -2.21. The minimum absolute atomic E-state index is 0.0918. The third-order valence-corrected chi connectivity index (χ3v) is 2.69. The molecule has 0 fully saturated rings. The van der Waals surface area contributed by atoms with Crippen LogP contribution in [0, 0.1) is 5.82 Å². The molecule has 0 atom stereocenters. The van der Waals surface area contributed by atoms with Gasteiger partial charge in [0.25, 0.3) is 5.91 Å². The van der Waals surface area contributed by atoms with Crippen molar-refractivity contribution in [2.45, 2.75) is 6.92 Å². The second-order valence-electron chi connectivity index (χ2n) is 4.02. The van der Waals surface area contributed by atoms with Gasteiger partial charge in [-0.2, -0.15) is 0 Å². The zero-order valence-electron chi connectivity index (χ0n) is 11.0. The van der Waals surface area contributed by atoms with E-state index in [4.69, 9.17) is 10.2 Å². The first-order chi connectivity index (χ1) is 9.49. The maximum atomic E-state index is 13.7. The number of nitrogens with zero attached hydrogens (tertiary/aromatic N) is 1. The van der Waals surface area contributed by atoms with Crippen molar-refractivity contribution in [2.75, 3.05) is 19.7 Å². The van der Waals surface area contributed by atoms with E-state index >= 15 is 0 Å². The number of aliphatic hydroxyl groups excluding tert-OH is 1. The molecule has 0 aliphatic heterocycles. The van der Waals surface area contributed by atoms with Crippen molar-refractivity contribution in [3.63, 3.8) is 0 Å². The number of carboxylic acids is 1. The van der Waals surface area contributed by atoms with Gasteiger partial charge in [-0.1, -0.05) is 6.07 Å². The smallest absolute Gasteiger partial charge is 0.328 e. The Kier molecular flexibility index (Phi) is 5.86. The van der Waals surface area contributed by atoms with Crippen LogP contribution < -0.4 is 0 Å². The molecule has 6 heteroatoms. The zero-order chi connectivity index (χ0) is 15.1. The van der Waals surface area contributed by atoms with E-state index in [1.54, 1.807) is 6.92 Å². The molecule has 0 aliphatic rings. The van der Waals surface area contributed by atoms with Gasteiger partial charge in [0.05, 0.1) is 6.61 Å². The highest BCUT2D eigenvalue weighted by Crippen LogP contribution is 2.14. The largest absolute Gasteiger partial charge is 0.478 e. The summed E-state index contributed by atoms with van der Waals surface area (Å²) in [6, 6.07) is 3.83. The van der Waals surface area contributed by atoms with Crippen LogP contribution in [-0.4, -0.2) is 46.7 Å². The fourth-order valence-corrected chi connectivity index (χ4v) is 1.66. The Morgan fingerprint density at radius 2 is 2.10 bits per heavy atom. The number of hydrogen-bond acceptors (Lipinski definition) is 3. The lowest BCUT2D eigenvalue weighted by molar-refractivity contribution is -0.131. The van der Waals surface area contributed by atoms with Crippen molar-refractivity contribution in [3.8, 4) is 0 Å². The Bertz CT molecular complexity index is 528. The molecule has 0 radical (unpaired) electrons. The van der Waals surface area contributed by atoms with Gasteiger partial charge >= 0.3 is 5.97 Å². The Balaban J connectivity index is 2.96. The van der Waals surface area contributed by atoms with Crippen molar-refractivity contribution >= 4 is 18.0 Å². The number of carbonyl (C=O) groups is 2. The summed E-state index contributed by atoms with van der Waals surface area (Å²) in [5.74, 6) is -2.23. The molecule has 0 spiro atoms. The lowest BCUT2D eigenvalue weighted by atomic mass is 10.1. The summed E-state index contributed by atoms with van der Waals surface area (Å²) in [5, 5.41) is 17.3. The van der Waals surface area contributed by atoms with Gasteiger partial charge in [-0.3, -0.25) is 4.79 Å². The second kappa shape index (κ2) is 7.40. The van der Waals surface area contributed by atoms with Crippen molar-refractivity contribution in [1.82, 2.24) is 4.90 Å². The highest BCUT2D eigenvalue weighted by molar-refractivity contribution is 5.94. The van der Waals surface area contributed by atoms with Crippen LogP contribution in [0.4, 0.5) is 4.39 Å². The van der Waals surface area contributed by atoms with Crippen molar-refractivity contribution in [2.24, 2.45) is 0 Å². The molecule has 0 aromatic heterocycles. The summed E-state index contributed by atoms with van der Waals surface area (Å²) in [4.78, 5) is 23.8. The van der Waals surface area contributed by atoms with E-state index in [-0.39, 0.29) is 30.2 Å². The standard InChI is InChI=1S/C14H16FNO4/c1-2-16(7-8-17)14(20)11-4-3-10(12(15)9-11)5-6-13(18)19/h3-6,9,17H,2,7-8H2,1H3,(H,18,19). The fraction of sp³-hybridized carbons (Fsp3) is 0.286. The van der Waals surface area contributed by atoms with Gasteiger partial charge in [0, 0.05) is 30.3 Å². The molecule has 1 aromatic rings. The minimum Gasteiger partial charge on any atom is -0.478 e. The van der Waals surface area contributed by atoms with E-state index in [1.807, 2.05) is 0 Å². The molecular weight excluding hydrogens is 265 g/mol. The summed E-state index contributed by atoms with van der Waals surface area (Å²) in [6.45, 7) is 2.18. The number of amides is 1. The predicted molar refractivity (Wildman–Crippen MR) is 71.7 cm³/mol. The molecule has 0 saturated carbocycles. The average molecular weight is 281 g/mol. The number of aliphatic hydroxyl groups is 1. The Morgan fingerprint density at radius 3 is 2.60 bits per heavy atom. The molecule has 20 heavy (non-hydrogen) atoms. The van der Waals surface area contributed by atoms with Crippen LogP contribution in [0.15, 0.2) is 24.3 Å². The van der Waals surface area contributed by atoms with Gasteiger partial charge in [-0.15, -0.1) is 0 Å². The molecular formula is C14H16FNO4. The van der Waals surface area contributed by atoms with Crippen LogP contribution in [0.1, 0.15) is 22.8 Å². The predicted octanol–water partition coefficient (Wildman–Crippen LogP) is 1.38. The number of carboxylic acid groups (broad SMARTS) is 1. The molecule has 0 bridgehead atoms. The van der Waals surface area contributed by atoms with Gasteiger partial charge in [-0.25, -0.2) is 9.18 Å². The molecule has 5 nitrogen and oxygen atoms in total. The first kappa shape index (κ1) is 15.8. The molecule has 0 unspecified atom stereocenters. The highest BCUT2D eigenvalue weighted by atomic mass is 19.1. The maximum Gasteiger partial charge on any atom is 0.328 e. The molecule has 0 saturated heterocycles. The SMILES string of the molecule is CCN(CCO)C(=O)c1ccc(C=CC(=O)O)c(F)c1. The number of carbonyl (C=O) groups excluding carboxylic acids is 1. The number of rotatable bonds is 6. The molecule has 2 N–H and O–H groups in total. The average Bonchev–Trinajstić information content (AvgIpc) is 2.42. The maximum absolute atomic E-state index is 13.7. The third kappa shape index (κ3) is 4.17.